The van der Waals surface area contributed by atoms with Gasteiger partial charge in [-0.3, -0.25) is 19.3 Å². The molecule has 4 aliphatic rings. The molecule has 1 N–H and O–H groups in total. The molecule has 1 aromatic heterocycles. The summed E-state index contributed by atoms with van der Waals surface area (Å²) in [6, 6.07) is 21.2. The molecule has 2 bridgehead atoms. The van der Waals surface area contributed by atoms with E-state index in [0.29, 0.717) is 17.3 Å². The molecule has 3 fully saturated rings. The fraction of sp³-hybridized carbons (Fsp3) is 0.303. The van der Waals surface area contributed by atoms with Crippen LogP contribution in [0.1, 0.15) is 33.9 Å². The number of H-pyrrole nitrogens is 1. The smallest absolute Gasteiger partial charge is 0.305 e. The minimum atomic E-state index is -0.376. The fourth-order valence-electron chi connectivity index (χ4n) is 8.07. The number of thioether (sulfide) groups is 1. The minimum absolute atomic E-state index is 0.0141. The number of benzene rings is 3. The maximum atomic E-state index is 14.0. The molecular formula is C33H26BrClN2O4S2. The molecule has 2 saturated carbocycles. The van der Waals surface area contributed by atoms with Crippen LogP contribution in [0.4, 0.5) is 5.69 Å². The third-order valence-corrected chi connectivity index (χ3v) is 12.9. The van der Waals surface area contributed by atoms with Crippen LogP contribution in [0.3, 0.4) is 0 Å². The molecule has 3 aromatic carbocycles. The van der Waals surface area contributed by atoms with Crippen molar-refractivity contribution in [3.05, 3.63) is 107 Å². The summed E-state index contributed by atoms with van der Waals surface area (Å²) in [5.41, 5.74) is 3.83. The third-order valence-electron chi connectivity index (χ3n) is 9.59. The number of thiazole rings is 1. The van der Waals surface area contributed by atoms with E-state index in [4.69, 9.17) is 16.3 Å². The molecule has 7 atom stereocenters. The lowest BCUT2D eigenvalue weighted by atomic mass is 9.68. The Morgan fingerprint density at radius 3 is 2.53 bits per heavy atom. The van der Waals surface area contributed by atoms with Gasteiger partial charge in [-0.25, -0.2) is 0 Å². The van der Waals surface area contributed by atoms with Gasteiger partial charge in [0.05, 0.1) is 22.5 Å². The topological polar surface area (TPSA) is 79.5 Å². The van der Waals surface area contributed by atoms with Gasteiger partial charge in [0.1, 0.15) is 12.4 Å². The number of hydrogen-bond donors (Lipinski definition) is 1. The van der Waals surface area contributed by atoms with Crippen LogP contribution < -0.4 is 14.5 Å². The lowest BCUT2D eigenvalue weighted by Gasteiger charge is -2.43. The monoisotopic (exact) mass is 692 g/mol. The van der Waals surface area contributed by atoms with Crippen molar-refractivity contribution in [2.75, 3.05) is 4.90 Å². The highest BCUT2D eigenvalue weighted by atomic mass is 79.9. The highest BCUT2D eigenvalue weighted by molar-refractivity contribution is 9.10. The van der Waals surface area contributed by atoms with E-state index < -0.39 is 0 Å². The molecule has 0 unspecified atom stereocenters. The molecule has 6 nitrogen and oxygen atoms in total. The number of rotatable bonds is 5. The molecular weight excluding hydrogens is 668 g/mol. The van der Waals surface area contributed by atoms with Gasteiger partial charge in [0.25, 0.3) is 0 Å². The van der Waals surface area contributed by atoms with E-state index in [9.17, 15) is 14.4 Å². The maximum absolute atomic E-state index is 14.0. The highest BCUT2D eigenvalue weighted by Crippen LogP contribution is 2.69. The lowest BCUT2D eigenvalue weighted by molar-refractivity contribution is -0.123. The largest absolute Gasteiger partial charge is 0.489 e. The highest BCUT2D eigenvalue weighted by Gasteiger charge is 2.69. The quantitative estimate of drug-likeness (QED) is 0.220. The Morgan fingerprint density at radius 2 is 1.77 bits per heavy atom. The van der Waals surface area contributed by atoms with Gasteiger partial charge in [0.2, 0.25) is 11.8 Å². The Balaban J connectivity index is 1.20. The van der Waals surface area contributed by atoms with Crippen LogP contribution in [0.15, 0.2) is 81.0 Å². The number of carbonyl (C=O) groups is 2. The molecule has 43 heavy (non-hydrogen) atoms. The van der Waals surface area contributed by atoms with Gasteiger partial charge in [-0.2, -0.15) is 0 Å². The Morgan fingerprint density at radius 1 is 1.00 bits per heavy atom. The van der Waals surface area contributed by atoms with Crippen molar-refractivity contribution in [1.29, 1.82) is 0 Å². The van der Waals surface area contributed by atoms with Crippen molar-refractivity contribution >= 4 is 68.1 Å². The Kier molecular flexibility index (Phi) is 6.67. The molecule has 0 radical (unpaired) electrons. The van der Waals surface area contributed by atoms with Crippen LogP contribution in [-0.2, 0) is 16.2 Å². The number of carbonyl (C=O) groups excluding carboxylic acids is 2. The van der Waals surface area contributed by atoms with Crippen LogP contribution in [-0.4, -0.2) is 22.0 Å². The number of imide groups is 1. The molecule has 2 aliphatic heterocycles. The second kappa shape index (κ2) is 10.4. The summed E-state index contributed by atoms with van der Waals surface area (Å²) < 4.78 is 7.42. The van der Waals surface area contributed by atoms with Crippen LogP contribution in [0.25, 0.3) is 0 Å². The van der Waals surface area contributed by atoms with Crippen molar-refractivity contribution in [2.45, 2.75) is 36.1 Å². The van der Waals surface area contributed by atoms with Gasteiger partial charge in [-0.05, 0) is 79.1 Å². The van der Waals surface area contributed by atoms with Crippen molar-refractivity contribution in [2.24, 2.45) is 29.6 Å². The first-order valence-corrected chi connectivity index (χ1v) is 17.2. The van der Waals surface area contributed by atoms with Gasteiger partial charge < -0.3 is 9.72 Å². The second-order valence-corrected chi connectivity index (χ2v) is 15.5. The number of halogens is 2. The van der Waals surface area contributed by atoms with Gasteiger partial charge in [0, 0.05) is 31.1 Å². The van der Waals surface area contributed by atoms with E-state index in [1.807, 2.05) is 18.2 Å². The Bertz CT molecular complexity index is 1860. The summed E-state index contributed by atoms with van der Waals surface area (Å²) in [6.45, 7) is 2.48. The van der Waals surface area contributed by atoms with E-state index in [1.54, 1.807) is 36.0 Å². The summed E-state index contributed by atoms with van der Waals surface area (Å²) >= 11 is 12.7. The van der Waals surface area contributed by atoms with Gasteiger partial charge >= 0.3 is 4.87 Å². The first kappa shape index (κ1) is 27.7. The summed E-state index contributed by atoms with van der Waals surface area (Å²) in [5.74, 6) is -0.205. The Hall–Kier alpha value is -2.85. The number of nitrogens with one attached hydrogen (secondary N) is 1. The predicted octanol–water partition coefficient (Wildman–Crippen LogP) is 7.42. The minimum Gasteiger partial charge on any atom is -0.489 e. The summed E-state index contributed by atoms with van der Waals surface area (Å²) in [7, 11) is 0. The van der Waals surface area contributed by atoms with Crippen molar-refractivity contribution in [3.63, 3.8) is 0 Å². The van der Waals surface area contributed by atoms with Gasteiger partial charge in [-0.1, -0.05) is 68.7 Å². The van der Waals surface area contributed by atoms with E-state index >= 15 is 0 Å². The average Bonchev–Trinajstić information content (AvgIpc) is 3.72. The second-order valence-electron chi connectivity index (χ2n) is 11.9. The molecule has 218 valence electrons. The lowest BCUT2D eigenvalue weighted by Crippen LogP contribution is -2.42. The number of amides is 2. The molecule has 0 spiro atoms. The SMILES string of the molecule is Cc1cccc(COc2ccc(Br)cc2[C@@H]2c3sc(=O)[nH]c3S[C@@H]3[C@@H]4C[C@@H]([C@@H]5C(=O)N(c6ccc(Cl)cc6)C(=O)[C@@H]45)[C@@H]23)c1. The zero-order chi connectivity index (χ0) is 29.6. The summed E-state index contributed by atoms with van der Waals surface area (Å²) in [6.07, 6.45) is 0.826. The van der Waals surface area contributed by atoms with Gasteiger partial charge in [0.15, 0.2) is 0 Å². The van der Waals surface area contributed by atoms with Crippen LogP contribution in [0.2, 0.25) is 5.02 Å². The molecule has 2 amide bonds. The normalized spacial score (nSPS) is 28.6. The van der Waals surface area contributed by atoms with Crippen molar-refractivity contribution in [1.82, 2.24) is 4.98 Å². The molecule has 3 heterocycles. The number of fused-ring (bicyclic) bond motifs is 9. The standard InChI is InChI=1S/C33H26BrClN2O4S2/c1-15-3-2-4-16(11-15)14-41-23-10-5-17(34)12-20(23)24-25-21-13-22(28(25)42-30-29(24)43-33(40)36-30)27-26(21)31(38)37(32(27)39)19-8-6-18(35)7-9-19/h2-12,21-22,24-28H,13-14H2,1H3,(H,36,40)/t21-,22-,24+,25+,26+,27+,28-/m1/s1. The fourth-order valence-corrected chi connectivity index (χ4v) is 11.5. The molecule has 4 aromatic rings. The number of aromatic nitrogens is 1. The summed E-state index contributed by atoms with van der Waals surface area (Å²) in [5, 5.41) is 1.53. The molecule has 8 rings (SSSR count). The van der Waals surface area contributed by atoms with Crippen LogP contribution in [0, 0.1) is 36.5 Å². The predicted molar refractivity (Wildman–Crippen MR) is 172 cm³/mol. The van der Waals surface area contributed by atoms with Crippen molar-refractivity contribution in [3.8, 4) is 5.75 Å². The number of anilines is 1. The average molecular weight is 694 g/mol. The van der Waals surface area contributed by atoms with Crippen LogP contribution >= 0.6 is 50.6 Å². The first-order valence-electron chi connectivity index (χ1n) is 14.3. The van der Waals surface area contributed by atoms with E-state index in [0.717, 1.165) is 37.7 Å². The summed E-state index contributed by atoms with van der Waals surface area (Å²) in [4.78, 5) is 46.0. The molecule has 1 saturated heterocycles. The number of aromatic amines is 1. The zero-order valence-corrected chi connectivity index (χ0v) is 26.9. The number of aryl methyl sites for hydroxylation is 1. The first-order chi connectivity index (χ1) is 20.8. The third kappa shape index (κ3) is 4.37. The van der Waals surface area contributed by atoms with Gasteiger partial charge in [-0.15, -0.1) is 11.8 Å². The molecule has 10 heteroatoms. The maximum Gasteiger partial charge on any atom is 0.305 e. The number of hydrogen-bond acceptors (Lipinski definition) is 6. The van der Waals surface area contributed by atoms with E-state index in [-0.39, 0.29) is 57.4 Å². The number of nitrogens with zero attached hydrogens (tertiary/aromatic N) is 1. The van der Waals surface area contributed by atoms with Crippen LogP contribution in [0.5, 0.6) is 5.75 Å². The molecule has 2 aliphatic carbocycles. The number of ether oxygens (including phenoxy) is 1. The van der Waals surface area contributed by atoms with E-state index in [2.05, 4.69) is 52.1 Å². The van der Waals surface area contributed by atoms with E-state index in [1.165, 1.54) is 21.8 Å². The zero-order valence-electron chi connectivity index (χ0n) is 23.0. The van der Waals surface area contributed by atoms with Crippen molar-refractivity contribution < 1.29 is 14.3 Å². The Labute approximate surface area is 269 Å².